The van der Waals surface area contributed by atoms with Crippen molar-refractivity contribution in [3.63, 3.8) is 0 Å². The van der Waals surface area contributed by atoms with Crippen molar-refractivity contribution in [3.05, 3.63) is 95.6 Å². The first-order valence-corrected chi connectivity index (χ1v) is 11.9. The molecule has 0 N–H and O–H groups in total. The van der Waals surface area contributed by atoms with E-state index in [1.54, 1.807) is 14.2 Å². The molecule has 2 aliphatic heterocycles. The summed E-state index contributed by atoms with van der Waals surface area (Å²) in [4.78, 5) is 11.8. The Morgan fingerprint density at radius 3 is 1.92 bits per heavy atom. The van der Waals surface area contributed by atoms with Gasteiger partial charge in [-0.2, -0.15) is 0 Å². The van der Waals surface area contributed by atoms with Crippen LogP contribution in [0.1, 0.15) is 23.6 Å². The van der Waals surface area contributed by atoms with Gasteiger partial charge < -0.3 is 28.4 Å². The van der Waals surface area contributed by atoms with E-state index in [1.165, 1.54) is 6.92 Å². The van der Waals surface area contributed by atoms with Crippen molar-refractivity contribution in [1.82, 2.24) is 0 Å². The minimum Gasteiger partial charge on any atom is -0.497 e. The first-order valence-electron chi connectivity index (χ1n) is 11.9. The zero-order chi connectivity index (χ0) is 25.2. The van der Waals surface area contributed by atoms with Crippen molar-refractivity contribution in [3.8, 4) is 11.5 Å². The fourth-order valence-electron chi connectivity index (χ4n) is 5.10. The van der Waals surface area contributed by atoms with Gasteiger partial charge in [-0.25, -0.2) is 0 Å². The Kier molecular flexibility index (Phi) is 6.71. The summed E-state index contributed by atoms with van der Waals surface area (Å²) in [6.45, 7) is 2.18. The zero-order valence-corrected chi connectivity index (χ0v) is 20.6. The molecule has 7 heteroatoms. The number of methoxy groups -OCH3 is 2. The number of rotatable bonds is 9. The molecule has 36 heavy (non-hydrogen) atoms. The molecule has 0 radical (unpaired) electrons. The Labute approximate surface area is 210 Å². The lowest BCUT2D eigenvalue weighted by Crippen LogP contribution is -2.49. The lowest BCUT2D eigenvalue weighted by Gasteiger charge is -2.39. The molecule has 2 saturated heterocycles. The van der Waals surface area contributed by atoms with Gasteiger partial charge in [-0.1, -0.05) is 54.6 Å². The summed E-state index contributed by atoms with van der Waals surface area (Å²) in [5.41, 5.74) is 0.866. The molecule has 0 aromatic heterocycles. The summed E-state index contributed by atoms with van der Waals surface area (Å²) in [5, 5.41) is 0. The maximum Gasteiger partial charge on any atom is 0.303 e. The second kappa shape index (κ2) is 9.93. The van der Waals surface area contributed by atoms with Crippen LogP contribution in [0, 0.1) is 0 Å². The lowest BCUT2D eigenvalue weighted by molar-refractivity contribution is -0.169. The van der Waals surface area contributed by atoms with Crippen LogP contribution in [0.25, 0.3) is 0 Å². The van der Waals surface area contributed by atoms with Crippen LogP contribution in [0.15, 0.2) is 78.9 Å². The van der Waals surface area contributed by atoms with Gasteiger partial charge in [0.1, 0.15) is 23.2 Å². The van der Waals surface area contributed by atoms with Crippen molar-refractivity contribution in [2.24, 2.45) is 0 Å². The highest BCUT2D eigenvalue weighted by Crippen LogP contribution is 2.45. The Bertz CT molecular complexity index is 1120. The van der Waals surface area contributed by atoms with Crippen molar-refractivity contribution in [1.29, 1.82) is 0 Å². The van der Waals surface area contributed by atoms with E-state index in [-0.39, 0.29) is 25.3 Å². The third-order valence-electron chi connectivity index (χ3n) is 6.93. The van der Waals surface area contributed by atoms with Gasteiger partial charge in [0.05, 0.1) is 34.0 Å². The van der Waals surface area contributed by atoms with Crippen LogP contribution in [-0.2, 0) is 29.3 Å². The highest BCUT2D eigenvalue weighted by molar-refractivity contribution is 5.66. The van der Waals surface area contributed by atoms with E-state index in [1.807, 2.05) is 78.9 Å². The Hall–Kier alpha value is -3.39. The predicted octanol–water partition coefficient (Wildman–Crippen LogP) is 4.11. The smallest absolute Gasteiger partial charge is 0.303 e. The average Bonchev–Trinajstić information content (AvgIpc) is 3.43. The normalized spacial score (nSPS) is 22.9. The van der Waals surface area contributed by atoms with Crippen LogP contribution >= 0.6 is 0 Å². The Morgan fingerprint density at radius 1 is 0.889 bits per heavy atom. The van der Waals surface area contributed by atoms with E-state index in [0.29, 0.717) is 6.61 Å². The number of esters is 1. The highest BCUT2D eigenvalue weighted by Gasteiger charge is 2.60. The standard InChI is InChI=1S/C29H30O7/c1-20(30)36-27-26-17-34-28(27,18-33-26)19-35-29(21-7-5-4-6-8-21,22-9-13-24(31-2)14-10-22)23-11-15-25(32-3)16-12-23/h4-16,26-27H,17-19H2,1-3H3. The molecular formula is C29H30O7. The molecule has 3 aromatic carbocycles. The van der Waals surface area contributed by atoms with Crippen LogP contribution in [0.2, 0.25) is 0 Å². The van der Waals surface area contributed by atoms with Gasteiger partial charge in [0.15, 0.2) is 11.7 Å². The molecule has 188 valence electrons. The Morgan fingerprint density at radius 2 is 1.44 bits per heavy atom. The van der Waals surface area contributed by atoms with E-state index in [2.05, 4.69) is 0 Å². The maximum atomic E-state index is 11.8. The van der Waals surface area contributed by atoms with Gasteiger partial charge in [-0.05, 0) is 41.0 Å². The van der Waals surface area contributed by atoms with E-state index < -0.39 is 17.3 Å². The Balaban J connectivity index is 1.62. The molecule has 0 aliphatic carbocycles. The molecule has 2 heterocycles. The van der Waals surface area contributed by atoms with Crippen LogP contribution in [0.4, 0.5) is 0 Å². The number of benzene rings is 3. The van der Waals surface area contributed by atoms with Crippen molar-refractivity contribution in [2.75, 3.05) is 34.0 Å². The van der Waals surface area contributed by atoms with Gasteiger partial charge in [0.25, 0.3) is 0 Å². The molecule has 2 aliphatic rings. The number of carbonyl (C=O) groups is 1. The van der Waals surface area contributed by atoms with Gasteiger partial charge >= 0.3 is 5.97 Å². The largest absolute Gasteiger partial charge is 0.497 e. The summed E-state index contributed by atoms with van der Waals surface area (Å²) in [6, 6.07) is 25.7. The summed E-state index contributed by atoms with van der Waals surface area (Å²) in [7, 11) is 3.28. The summed E-state index contributed by atoms with van der Waals surface area (Å²) in [6.07, 6.45) is -0.833. The number of carbonyl (C=O) groups excluding carboxylic acids is 1. The molecule has 0 amide bonds. The van der Waals surface area contributed by atoms with Crippen LogP contribution in [0.3, 0.4) is 0 Å². The minimum atomic E-state index is -1.00. The summed E-state index contributed by atoms with van der Waals surface area (Å²) in [5.74, 6) is 1.12. The first kappa shape index (κ1) is 24.3. The van der Waals surface area contributed by atoms with E-state index in [0.717, 1.165) is 28.2 Å². The minimum absolute atomic E-state index is 0.147. The highest BCUT2D eigenvalue weighted by atomic mass is 16.7. The molecule has 5 rings (SSSR count). The molecule has 0 spiro atoms. The number of hydrogen-bond donors (Lipinski definition) is 0. The van der Waals surface area contributed by atoms with E-state index in [9.17, 15) is 4.79 Å². The first-order chi connectivity index (χ1) is 17.5. The van der Waals surface area contributed by atoms with Crippen LogP contribution in [-0.4, -0.2) is 57.8 Å². The summed E-state index contributed by atoms with van der Waals surface area (Å²) < 4.78 is 35.5. The van der Waals surface area contributed by atoms with Gasteiger partial charge in [0, 0.05) is 6.92 Å². The molecule has 3 aromatic rings. The van der Waals surface area contributed by atoms with Gasteiger partial charge in [-0.3, -0.25) is 4.79 Å². The predicted molar refractivity (Wildman–Crippen MR) is 132 cm³/mol. The third kappa shape index (κ3) is 4.23. The molecule has 2 fully saturated rings. The monoisotopic (exact) mass is 490 g/mol. The van der Waals surface area contributed by atoms with E-state index >= 15 is 0 Å². The molecule has 3 unspecified atom stereocenters. The van der Waals surface area contributed by atoms with Crippen molar-refractivity contribution < 1.29 is 33.2 Å². The molecule has 2 bridgehead atoms. The fourth-order valence-corrected chi connectivity index (χ4v) is 5.10. The number of fused-ring (bicyclic) bond motifs is 2. The average molecular weight is 491 g/mol. The summed E-state index contributed by atoms with van der Waals surface area (Å²) >= 11 is 0. The van der Waals surface area contributed by atoms with Gasteiger partial charge in [0.2, 0.25) is 0 Å². The van der Waals surface area contributed by atoms with Gasteiger partial charge in [-0.15, -0.1) is 0 Å². The fraction of sp³-hybridized carbons (Fsp3) is 0.345. The van der Waals surface area contributed by atoms with E-state index in [4.69, 9.17) is 28.4 Å². The maximum absolute atomic E-state index is 11.8. The zero-order valence-electron chi connectivity index (χ0n) is 20.6. The van der Waals surface area contributed by atoms with Crippen LogP contribution in [0.5, 0.6) is 11.5 Å². The second-order valence-electron chi connectivity index (χ2n) is 9.05. The quantitative estimate of drug-likeness (QED) is 0.330. The molecule has 0 saturated carbocycles. The number of ether oxygens (including phenoxy) is 6. The molecule has 3 atom stereocenters. The topological polar surface area (TPSA) is 72.5 Å². The third-order valence-corrected chi connectivity index (χ3v) is 6.93. The number of hydrogen-bond acceptors (Lipinski definition) is 7. The van der Waals surface area contributed by atoms with Crippen LogP contribution < -0.4 is 9.47 Å². The lowest BCUT2D eigenvalue weighted by atomic mass is 9.79. The van der Waals surface area contributed by atoms with Crippen molar-refractivity contribution in [2.45, 2.75) is 30.3 Å². The molecular weight excluding hydrogens is 460 g/mol. The second-order valence-corrected chi connectivity index (χ2v) is 9.05. The molecule has 7 nitrogen and oxygen atoms in total. The van der Waals surface area contributed by atoms with Crippen molar-refractivity contribution >= 4 is 5.97 Å². The SMILES string of the molecule is COc1ccc(C(OCC23COC(CO2)C3OC(C)=O)(c2ccccc2)c2ccc(OC)cc2)cc1.